The number of carbonyl (C=O) groups is 1. The highest BCUT2D eigenvalue weighted by atomic mass is 16.5. The molecule has 226 valence electrons. The summed E-state index contributed by atoms with van der Waals surface area (Å²) in [6.07, 6.45) is 2.08. The van der Waals surface area contributed by atoms with E-state index in [1.165, 1.54) is 11.1 Å². The molecule has 3 N–H and O–H groups in total. The number of hydrogen-bond donors (Lipinski definition) is 2. The number of amides is 1. The van der Waals surface area contributed by atoms with E-state index < -0.39 is 5.91 Å². The van der Waals surface area contributed by atoms with Crippen molar-refractivity contribution in [1.82, 2.24) is 14.5 Å². The average molecular weight is 589 g/mol. The summed E-state index contributed by atoms with van der Waals surface area (Å²) in [4.78, 5) is 19.4. The molecule has 1 aromatic heterocycles. The molecule has 0 aliphatic carbocycles. The van der Waals surface area contributed by atoms with Crippen LogP contribution in [-0.4, -0.2) is 32.6 Å². The number of aromatic nitrogens is 2. The molecule has 0 radical (unpaired) electrons. The molecule has 0 aliphatic heterocycles. The van der Waals surface area contributed by atoms with Crippen LogP contribution in [0.5, 0.6) is 11.5 Å². The fraction of sp³-hybridized carbons (Fsp3) is 0.243. The number of benzene rings is 4. The van der Waals surface area contributed by atoms with Crippen LogP contribution < -0.4 is 10.5 Å². The monoisotopic (exact) mass is 588 g/mol. The molecule has 0 saturated carbocycles. The Morgan fingerprint density at radius 3 is 2.27 bits per heavy atom. The van der Waals surface area contributed by atoms with Crippen molar-refractivity contribution in [2.45, 2.75) is 52.9 Å². The van der Waals surface area contributed by atoms with Crippen molar-refractivity contribution < 1.29 is 14.6 Å². The highest BCUT2D eigenvalue weighted by molar-refractivity contribution is 5.95. The molecule has 0 atom stereocenters. The zero-order valence-electron chi connectivity index (χ0n) is 25.7. The number of hydrogen-bond acceptors (Lipinski definition) is 5. The van der Waals surface area contributed by atoms with E-state index in [1.54, 1.807) is 19.2 Å². The second kappa shape index (κ2) is 14.1. The van der Waals surface area contributed by atoms with Crippen molar-refractivity contribution in [3.63, 3.8) is 0 Å². The van der Waals surface area contributed by atoms with Crippen molar-refractivity contribution in [1.29, 1.82) is 0 Å². The molecule has 0 spiro atoms. The van der Waals surface area contributed by atoms with E-state index in [4.69, 9.17) is 15.5 Å². The van der Waals surface area contributed by atoms with Crippen LogP contribution in [-0.2, 0) is 26.2 Å². The lowest BCUT2D eigenvalue weighted by atomic mass is 10.1. The number of aromatic hydroxyl groups is 1. The molecule has 5 rings (SSSR count). The van der Waals surface area contributed by atoms with Crippen molar-refractivity contribution in [3.8, 4) is 34.1 Å². The summed E-state index contributed by atoms with van der Waals surface area (Å²) < 4.78 is 7.84. The number of nitrogens with two attached hydrogens (primary N) is 1. The largest absolute Gasteiger partial charge is 0.507 e. The maximum atomic E-state index is 11.8. The van der Waals surface area contributed by atoms with Gasteiger partial charge in [0.05, 0.1) is 24.1 Å². The summed E-state index contributed by atoms with van der Waals surface area (Å²) in [5.74, 6) is 0.997. The van der Waals surface area contributed by atoms with Crippen LogP contribution in [0.2, 0.25) is 0 Å². The quantitative estimate of drug-likeness (QED) is 0.150. The van der Waals surface area contributed by atoms with Crippen LogP contribution in [0.15, 0.2) is 97.1 Å². The molecule has 0 aliphatic rings. The summed E-state index contributed by atoms with van der Waals surface area (Å²) in [7, 11) is 1.67. The van der Waals surface area contributed by atoms with E-state index in [2.05, 4.69) is 71.8 Å². The smallest absolute Gasteiger partial charge is 0.252 e. The lowest BCUT2D eigenvalue weighted by Crippen LogP contribution is -2.25. The number of rotatable bonds is 13. The van der Waals surface area contributed by atoms with Gasteiger partial charge in [0.25, 0.3) is 5.91 Å². The molecular formula is C37H40N4O3. The van der Waals surface area contributed by atoms with Crippen molar-refractivity contribution in [3.05, 3.63) is 125 Å². The van der Waals surface area contributed by atoms with Crippen molar-refractivity contribution >= 4 is 5.91 Å². The SMILES string of the molecule is CCCCn1c(-c2ccccc2C)nc(-c2ccc(OC)cc2)c1CN(Cc1ccccc1)Cc1ccc(C(N)=O)c(O)c1. The molecule has 0 bridgehead atoms. The first kappa shape index (κ1) is 30.6. The molecule has 4 aromatic carbocycles. The highest BCUT2D eigenvalue weighted by Crippen LogP contribution is 2.34. The number of nitrogens with zero attached hydrogens (tertiary/aromatic N) is 3. The Morgan fingerprint density at radius 2 is 1.61 bits per heavy atom. The summed E-state index contributed by atoms with van der Waals surface area (Å²) >= 11 is 0. The molecule has 0 unspecified atom stereocenters. The van der Waals surface area contributed by atoms with E-state index in [1.807, 2.05) is 36.4 Å². The number of phenols is 1. The fourth-order valence-corrected chi connectivity index (χ4v) is 5.58. The molecule has 7 heteroatoms. The van der Waals surface area contributed by atoms with E-state index in [-0.39, 0.29) is 11.3 Å². The van der Waals surface area contributed by atoms with Crippen molar-refractivity contribution in [2.24, 2.45) is 5.73 Å². The number of ether oxygens (including phenoxy) is 1. The molecule has 44 heavy (non-hydrogen) atoms. The number of carbonyl (C=O) groups excluding carboxylic acids is 1. The van der Waals surface area contributed by atoms with Gasteiger partial charge in [0.15, 0.2) is 0 Å². The molecule has 1 heterocycles. The minimum atomic E-state index is -0.650. The Labute approximate surface area is 259 Å². The van der Waals surface area contributed by atoms with E-state index in [9.17, 15) is 9.90 Å². The zero-order chi connectivity index (χ0) is 31.1. The predicted octanol–water partition coefficient (Wildman–Crippen LogP) is 7.34. The minimum absolute atomic E-state index is 0.108. The minimum Gasteiger partial charge on any atom is -0.507 e. The Morgan fingerprint density at radius 1 is 0.909 bits per heavy atom. The first-order chi connectivity index (χ1) is 21.4. The van der Waals surface area contributed by atoms with Gasteiger partial charge in [-0.2, -0.15) is 0 Å². The van der Waals surface area contributed by atoms with Gasteiger partial charge in [-0.05, 0) is 66.4 Å². The second-order valence-electron chi connectivity index (χ2n) is 11.1. The van der Waals surface area contributed by atoms with Crippen molar-refractivity contribution in [2.75, 3.05) is 7.11 Å². The zero-order valence-corrected chi connectivity index (χ0v) is 25.7. The van der Waals surface area contributed by atoms with E-state index in [0.29, 0.717) is 19.6 Å². The molecule has 5 aromatic rings. The van der Waals surface area contributed by atoms with Crippen LogP contribution in [0, 0.1) is 6.92 Å². The number of imidazole rings is 1. The predicted molar refractivity (Wildman–Crippen MR) is 175 cm³/mol. The third-order valence-corrected chi connectivity index (χ3v) is 7.91. The Balaban J connectivity index is 1.64. The first-order valence-corrected chi connectivity index (χ1v) is 15.1. The number of unbranched alkanes of at least 4 members (excludes halogenated alkanes) is 1. The number of methoxy groups -OCH3 is 1. The summed E-state index contributed by atoms with van der Waals surface area (Å²) in [5.41, 5.74) is 13.0. The second-order valence-corrected chi connectivity index (χ2v) is 11.1. The maximum Gasteiger partial charge on any atom is 0.252 e. The van der Waals surface area contributed by atoms with Crippen LogP contribution >= 0.6 is 0 Å². The topological polar surface area (TPSA) is 93.6 Å². The van der Waals surface area contributed by atoms with Crippen LogP contribution in [0.1, 0.15) is 52.5 Å². The van der Waals surface area contributed by atoms with Gasteiger partial charge in [-0.1, -0.05) is 74.0 Å². The highest BCUT2D eigenvalue weighted by Gasteiger charge is 2.23. The van der Waals surface area contributed by atoms with Gasteiger partial charge in [-0.15, -0.1) is 0 Å². The van der Waals surface area contributed by atoms with Crippen LogP contribution in [0.25, 0.3) is 22.6 Å². The standard InChI is InChI=1S/C37H40N4O3/c1-4-5-21-41-33(35(29-16-18-30(44-3)19-17-29)39-37(41)31-14-10-9-11-26(31)2)25-40(23-27-12-7-6-8-13-27)24-28-15-20-32(36(38)43)34(42)22-28/h6-20,22,42H,4-5,21,23-25H2,1-3H3,(H2,38,43). The summed E-state index contributed by atoms with van der Waals surface area (Å²) in [6.45, 7) is 7.01. The van der Waals surface area contributed by atoms with Gasteiger partial charge in [0.1, 0.15) is 17.3 Å². The molecule has 0 saturated heterocycles. The fourth-order valence-electron chi connectivity index (χ4n) is 5.58. The average Bonchev–Trinajstić information content (AvgIpc) is 3.37. The normalized spacial score (nSPS) is 11.2. The molecule has 0 fully saturated rings. The lowest BCUT2D eigenvalue weighted by Gasteiger charge is -2.25. The first-order valence-electron chi connectivity index (χ1n) is 15.1. The van der Waals surface area contributed by atoms with Gasteiger partial charge < -0.3 is 20.1 Å². The maximum absolute atomic E-state index is 11.8. The van der Waals surface area contributed by atoms with E-state index in [0.717, 1.165) is 59.0 Å². The van der Waals surface area contributed by atoms with E-state index >= 15 is 0 Å². The van der Waals surface area contributed by atoms with Gasteiger partial charge in [0.2, 0.25) is 0 Å². The van der Waals surface area contributed by atoms with Gasteiger partial charge in [-0.3, -0.25) is 9.69 Å². The molecular weight excluding hydrogens is 548 g/mol. The van der Waals surface area contributed by atoms with Gasteiger partial charge in [-0.25, -0.2) is 4.98 Å². The molecule has 1 amide bonds. The van der Waals surface area contributed by atoms with Crippen LogP contribution in [0.3, 0.4) is 0 Å². The lowest BCUT2D eigenvalue weighted by molar-refractivity contribution is 0.0997. The molecule has 7 nitrogen and oxygen atoms in total. The van der Waals surface area contributed by atoms with Gasteiger partial charge >= 0.3 is 0 Å². The number of primary amides is 1. The Bertz CT molecular complexity index is 1710. The van der Waals surface area contributed by atoms with Crippen LogP contribution in [0.4, 0.5) is 0 Å². The Kier molecular flexibility index (Phi) is 9.77. The number of aryl methyl sites for hydroxylation is 1. The third-order valence-electron chi connectivity index (χ3n) is 7.91. The van der Waals surface area contributed by atoms with Gasteiger partial charge in [0, 0.05) is 37.3 Å². The summed E-state index contributed by atoms with van der Waals surface area (Å²) in [6, 6.07) is 31.9. The third kappa shape index (κ3) is 7.01. The Hall–Kier alpha value is -4.88. The summed E-state index contributed by atoms with van der Waals surface area (Å²) in [5, 5.41) is 10.5.